The molecule has 0 saturated carbocycles. The van der Waals surface area contributed by atoms with Crippen molar-refractivity contribution in [2.24, 2.45) is 0 Å². The SMILES string of the molecule is Cc1cc(Nc2nc3[nH]ccc3c(=O)[nH]2)sn1. The van der Waals surface area contributed by atoms with E-state index in [-0.39, 0.29) is 5.56 Å². The molecule has 0 fully saturated rings. The monoisotopic (exact) mass is 247 g/mol. The molecular weight excluding hydrogens is 238 g/mol. The van der Waals surface area contributed by atoms with Crippen LogP contribution in [0.3, 0.4) is 0 Å². The highest BCUT2D eigenvalue weighted by Gasteiger charge is 2.05. The van der Waals surface area contributed by atoms with Crippen LogP contribution in [0.15, 0.2) is 23.1 Å². The predicted octanol–water partition coefficient (Wildman–Crippen LogP) is 1.76. The predicted molar refractivity (Wildman–Crippen MR) is 66.8 cm³/mol. The van der Waals surface area contributed by atoms with Gasteiger partial charge < -0.3 is 10.3 Å². The number of hydrogen-bond acceptors (Lipinski definition) is 5. The molecule has 3 heterocycles. The molecule has 0 bridgehead atoms. The summed E-state index contributed by atoms with van der Waals surface area (Å²) in [5, 5.41) is 4.41. The molecule has 3 rings (SSSR count). The van der Waals surface area contributed by atoms with Gasteiger partial charge in [0.15, 0.2) is 0 Å². The number of aromatic nitrogens is 4. The van der Waals surface area contributed by atoms with Gasteiger partial charge in [0.2, 0.25) is 5.95 Å². The molecule has 86 valence electrons. The number of H-pyrrole nitrogens is 2. The summed E-state index contributed by atoms with van der Waals surface area (Å²) in [4.78, 5) is 21.5. The molecule has 0 saturated heterocycles. The molecule has 3 aromatic rings. The number of aryl methyl sites for hydroxylation is 1. The Hall–Kier alpha value is -2.15. The highest BCUT2D eigenvalue weighted by atomic mass is 32.1. The molecule has 0 aliphatic heterocycles. The number of aromatic amines is 2. The van der Waals surface area contributed by atoms with E-state index in [4.69, 9.17) is 0 Å². The first-order valence-corrected chi connectivity index (χ1v) is 5.77. The first-order chi connectivity index (χ1) is 8.22. The highest BCUT2D eigenvalue weighted by molar-refractivity contribution is 7.10. The molecule has 0 spiro atoms. The fourth-order valence-corrected chi connectivity index (χ4v) is 2.21. The van der Waals surface area contributed by atoms with Gasteiger partial charge in [-0.25, -0.2) is 0 Å². The van der Waals surface area contributed by atoms with Gasteiger partial charge >= 0.3 is 0 Å². The zero-order chi connectivity index (χ0) is 11.8. The molecule has 0 aliphatic carbocycles. The van der Waals surface area contributed by atoms with Gasteiger partial charge in [-0.05, 0) is 30.6 Å². The largest absolute Gasteiger partial charge is 0.346 e. The van der Waals surface area contributed by atoms with Crippen LogP contribution in [0.2, 0.25) is 0 Å². The van der Waals surface area contributed by atoms with Crippen molar-refractivity contribution in [3.8, 4) is 0 Å². The average molecular weight is 247 g/mol. The average Bonchev–Trinajstić information content (AvgIpc) is 2.87. The minimum atomic E-state index is -0.167. The molecule has 0 radical (unpaired) electrons. The van der Waals surface area contributed by atoms with E-state index in [0.29, 0.717) is 17.0 Å². The summed E-state index contributed by atoms with van der Waals surface area (Å²) in [5.41, 5.74) is 1.33. The topological polar surface area (TPSA) is 86.5 Å². The molecule has 0 aromatic carbocycles. The van der Waals surface area contributed by atoms with Gasteiger partial charge in [-0.1, -0.05) is 0 Å². The molecule has 6 nitrogen and oxygen atoms in total. The standard InChI is InChI=1S/C10H9N5OS/c1-5-4-7(17-15-5)12-10-13-8-6(2-3-11-8)9(16)14-10/h2-4H,1H3,(H3,11,12,13,14,16). The summed E-state index contributed by atoms with van der Waals surface area (Å²) in [7, 11) is 0. The maximum Gasteiger partial charge on any atom is 0.261 e. The van der Waals surface area contributed by atoms with Crippen LogP contribution in [0, 0.1) is 6.92 Å². The molecule has 0 atom stereocenters. The molecule has 7 heteroatoms. The third-order valence-corrected chi connectivity index (χ3v) is 3.09. The van der Waals surface area contributed by atoms with Crippen LogP contribution in [-0.2, 0) is 0 Å². The van der Waals surface area contributed by atoms with Gasteiger partial charge in [-0.15, -0.1) is 0 Å². The number of hydrogen-bond donors (Lipinski definition) is 3. The van der Waals surface area contributed by atoms with Crippen molar-refractivity contribution >= 4 is 33.5 Å². The van der Waals surface area contributed by atoms with Crippen LogP contribution < -0.4 is 10.9 Å². The summed E-state index contributed by atoms with van der Waals surface area (Å²) < 4.78 is 4.14. The lowest BCUT2D eigenvalue weighted by Crippen LogP contribution is -2.09. The zero-order valence-electron chi connectivity index (χ0n) is 8.94. The minimum Gasteiger partial charge on any atom is -0.346 e. The van der Waals surface area contributed by atoms with Crippen LogP contribution in [0.4, 0.5) is 10.9 Å². The van der Waals surface area contributed by atoms with Crippen LogP contribution in [-0.4, -0.2) is 19.3 Å². The van der Waals surface area contributed by atoms with Gasteiger partial charge in [-0.3, -0.25) is 9.78 Å². The molecule has 3 aromatic heterocycles. The maximum absolute atomic E-state index is 11.7. The molecule has 0 aliphatic rings. The van der Waals surface area contributed by atoms with Crippen LogP contribution >= 0.6 is 11.5 Å². The van der Waals surface area contributed by atoms with E-state index in [0.717, 1.165) is 10.7 Å². The number of nitrogens with zero attached hydrogens (tertiary/aromatic N) is 2. The van der Waals surface area contributed by atoms with E-state index in [9.17, 15) is 4.79 Å². The van der Waals surface area contributed by atoms with Crippen molar-refractivity contribution in [3.63, 3.8) is 0 Å². The second kappa shape index (κ2) is 3.70. The lowest BCUT2D eigenvalue weighted by atomic mass is 10.4. The summed E-state index contributed by atoms with van der Waals surface area (Å²) >= 11 is 1.32. The Morgan fingerprint density at radius 2 is 2.35 bits per heavy atom. The van der Waals surface area contributed by atoms with Crippen molar-refractivity contribution in [3.05, 3.63) is 34.4 Å². The third kappa shape index (κ3) is 1.80. The normalized spacial score (nSPS) is 10.9. The van der Waals surface area contributed by atoms with Gasteiger partial charge in [0, 0.05) is 6.20 Å². The molecule has 0 amide bonds. The summed E-state index contributed by atoms with van der Waals surface area (Å²) in [6, 6.07) is 3.59. The number of rotatable bonds is 2. The fraction of sp³-hybridized carbons (Fsp3) is 0.100. The third-order valence-electron chi connectivity index (χ3n) is 2.29. The Labute approximate surface area is 99.9 Å². The zero-order valence-corrected chi connectivity index (χ0v) is 9.76. The van der Waals surface area contributed by atoms with E-state index < -0.39 is 0 Å². The van der Waals surface area contributed by atoms with E-state index >= 15 is 0 Å². The Morgan fingerprint density at radius 3 is 3.12 bits per heavy atom. The first-order valence-electron chi connectivity index (χ1n) is 5.00. The number of anilines is 2. The Balaban J connectivity index is 2.03. The maximum atomic E-state index is 11.7. The second-order valence-electron chi connectivity index (χ2n) is 3.61. The van der Waals surface area contributed by atoms with Crippen molar-refractivity contribution in [2.75, 3.05) is 5.32 Å². The van der Waals surface area contributed by atoms with Crippen molar-refractivity contribution in [2.45, 2.75) is 6.92 Å². The summed E-state index contributed by atoms with van der Waals surface area (Å²) in [5.74, 6) is 0.411. The lowest BCUT2D eigenvalue weighted by molar-refractivity contribution is 1.16. The van der Waals surface area contributed by atoms with Gasteiger partial charge in [0.1, 0.15) is 10.6 Å². The Bertz CT molecular complexity index is 725. The van der Waals surface area contributed by atoms with Crippen molar-refractivity contribution < 1.29 is 0 Å². The Morgan fingerprint density at radius 1 is 1.47 bits per heavy atom. The van der Waals surface area contributed by atoms with E-state index in [2.05, 4.69) is 24.6 Å². The number of nitrogens with one attached hydrogen (secondary N) is 3. The molecule has 0 unspecified atom stereocenters. The molecule has 17 heavy (non-hydrogen) atoms. The quantitative estimate of drug-likeness (QED) is 0.644. The van der Waals surface area contributed by atoms with Gasteiger partial charge in [0.25, 0.3) is 5.56 Å². The van der Waals surface area contributed by atoms with Crippen LogP contribution in [0.25, 0.3) is 11.0 Å². The molecule has 3 N–H and O–H groups in total. The fourth-order valence-electron chi connectivity index (χ4n) is 1.55. The van der Waals surface area contributed by atoms with Crippen LogP contribution in [0.1, 0.15) is 5.69 Å². The Kier molecular flexibility index (Phi) is 2.19. The lowest BCUT2D eigenvalue weighted by Gasteiger charge is -2.00. The van der Waals surface area contributed by atoms with Crippen LogP contribution in [0.5, 0.6) is 0 Å². The van der Waals surface area contributed by atoms with Crippen molar-refractivity contribution in [1.82, 2.24) is 19.3 Å². The molecular formula is C10H9N5OS. The first kappa shape index (κ1) is 10.0. The second-order valence-corrected chi connectivity index (χ2v) is 4.42. The van der Waals surface area contributed by atoms with Gasteiger partial charge in [-0.2, -0.15) is 9.36 Å². The van der Waals surface area contributed by atoms with E-state index in [1.807, 2.05) is 13.0 Å². The highest BCUT2D eigenvalue weighted by Crippen LogP contribution is 2.19. The van der Waals surface area contributed by atoms with E-state index in [1.54, 1.807) is 12.3 Å². The summed E-state index contributed by atoms with van der Waals surface area (Å²) in [6.07, 6.45) is 1.69. The minimum absolute atomic E-state index is 0.167. The van der Waals surface area contributed by atoms with Gasteiger partial charge in [0.05, 0.1) is 11.1 Å². The smallest absolute Gasteiger partial charge is 0.261 e. The van der Waals surface area contributed by atoms with E-state index in [1.165, 1.54) is 11.5 Å². The number of fused-ring (bicyclic) bond motifs is 1. The summed E-state index contributed by atoms with van der Waals surface area (Å²) in [6.45, 7) is 1.91. The van der Waals surface area contributed by atoms with Crippen molar-refractivity contribution in [1.29, 1.82) is 0 Å².